The van der Waals surface area contributed by atoms with Gasteiger partial charge in [-0.05, 0) is 27.6 Å². The van der Waals surface area contributed by atoms with E-state index in [0.29, 0.717) is 0 Å². The number of imide groups is 1. The highest BCUT2D eigenvalue weighted by Gasteiger charge is 2.28. The molecule has 1 aromatic heterocycles. The summed E-state index contributed by atoms with van der Waals surface area (Å²) >= 11 is 3.28. The van der Waals surface area contributed by atoms with Crippen molar-refractivity contribution in [3.8, 4) is 0 Å². The lowest BCUT2D eigenvalue weighted by atomic mass is 10.3. The first kappa shape index (κ1) is 10.1. The van der Waals surface area contributed by atoms with Gasteiger partial charge in [0.05, 0.1) is 13.1 Å². The molecule has 5 nitrogen and oxygen atoms in total. The molecule has 0 saturated carbocycles. The van der Waals surface area contributed by atoms with Gasteiger partial charge in [0.15, 0.2) is 0 Å². The van der Waals surface area contributed by atoms with Crippen molar-refractivity contribution in [3.63, 3.8) is 0 Å². The van der Waals surface area contributed by atoms with Crippen molar-refractivity contribution in [2.24, 2.45) is 0 Å². The third-order valence-corrected chi connectivity index (χ3v) is 2.47. The highest BCUT2D eigenvalue weighted by Crippen LogP contribution is 2.12. The van der Waals surface area contributed by atoms with E-state index in [1.807, 2.05) is 6.07 Å². The van der Waals surface area contributed by atoms with E-state index >= 15 is 0 Å². The molecule has 1 saturated heterocycles. The smallest absolute Gasteiger partial charge is 0.324 e. The highest BCUT2D eigenvalue weighted by molar-refractivity contribution is 9.10. The minimum Gasteiger partial charge on any atom is -0.329 e. The second kappa shape index (κ2) is 3.98. The maximum atomic E-state index is 11.3. The monoisotopic (exact) mass is 269 g/mol. The van der Waals surface area contributed by atoms with Gasteiger partial charge in [0.2, 0.25) is 5.91 Å². The molecule has 1 N–H and O–H groups in total. The Kier molecular flexibility index (Phi) is 2.68. The number of hydrogen-bond donors (Lipinski definition) is 1. The van der Waals surface area contributed by atoms with E-state index in [1.165, 1.54) is 4.90 Å². The standard InChI is InChI=1S/C9H8BrN3O2/c10-7-1-6(2-11-3-7)5-13-8(14)4-12-9(13)15/h1-3H,4-5H2,(H,12,15). The van der Waals surface area contributed by atoms with Gasteiger partial charge in [-0.2, -0.15) is 0 Å². The van der Waals surface area contributed by atoms with E-state index in [9.17, 15) is 9.59 Å². The van der Waals surface area contributed by atoms with Crippen LogP contribution in [0.15, 0.2) is 22.9 Å². The number of nitrogens with zero attached hydrogens (tertiary/aromatic N) is 2. The van der Waals surface area contributed by atoms with Crippen molar-refractivity contribution in [3.05, 3.63) is 28.5 Å². The van der Waals surface area contributed by atoms with Crippen LogP contribution < -0.4 is 5.32 Å². The van der Waals surface area contributed by atoms with Crippen molar-refractivity contribution < 1.29 is 9.59 Å². The van der Waals surface area contributed by atoms with Crippen LogP contribution in [0.25, 0.3) is 0 Å². The van der Waals surface area contributed by atoms with Gasteiger partial charge in [0.25, 0.3) is 0 Å². The van der Waals surface area contributed by atoms with Crippen LogP contribution in [0.4, 0.5) is 4.79 Å². The van der Waals surface area contributed by atoms with Crippen LogP contribution in [0.5, 0.6) is 0 Å². The molecule has 1 aliphatic rings. The zero-order chi connectivity index (χ0) is 10.8. The fourth-order valence-electron chi connectivity index (χ4n) is 1.34. The third kappa shape index (κ3) is 2.15. The predicted molar refractivity (Wildman–Crippen MR) is 55.9 cm³/mol. The lowest BCUT2D eigenvalue weighted by Gasteiger charge is -2.11. The Balaban J connectivity index is 2.15. The van der Waals surface area contributed by atoms with E-state index in [0.717, 1.165) is 10.0 Å². The number of urea groups is 1. The number of nitrogens with one attached hydrogen (secondary N) is 1. The normalized spacial score (nSPS) is 15.7. The molecular formula is C9H8BrN3O2. The van der Waals surface area contributed by atoms with Crippen LogP contribution in [-0.4, -0.2) is 28.4 Å². The molecule has 1 fully saturated rings. The quantitative estimate of drug-likeness (QED) is 0.812. The number of carbonyl (C=O) groups is 2. The first-order chi connectivity index (χ1) is 7.16. The Morgan fingerprint density at radius 2 is 2.27 bits per heavy atom. The molecule has 15 heavy (non-hydrogen) atoms. The van der Waals surface area contributed by atoms with Gasteiger partial charge in [-0.25, -0.2) is 4.79 Å². The van der Waals surface area contributed by atoms with E-state index in [-0.39, 0.29) is 25.0 Å². The zero-order valence-electron chi connectivity index (χ0n) is 7.74. The summed E-state index contributed by atoms with van der Waals surface area (Å²) in [4.78, 5) is 27.7. The molecule has 1 aliphatic heterocycles. The maximum absolute atomic E-state index is 11.3. The Morgan fingerprint density at radius 3 is 2.87 bits per heavy atom. The van der Waals surface area contributed by atoms with Crippen LogP contribution >= 0.6 is 15.9 Å². The summed E-state index contributed by atoms with van der Waals surface area (Å²) in [7, 11) is 0. The molecule has 0 bridgehead atoms. The van der Waals surface area contributed by atoms with Crippen LogP contribution in [0.1, 0.15) is 5.56 Å². The van der Waals surface area contributed by atoms with Crippen LogP contribution in [0.3, 0.4) is 0 Å². The van der Waals surface area contributed by atoms with Crippen molar-refractivity contribution in [2.75, 3.05) is 6.54 Å². The number of halogens is 1. The van der Waals surface area contributed by atoms with Gasteiger partial charge in [-0.3, -0.25) is 14.7 Å². The van der Waals surface area contributed by atoms with Crippen molar-refractivity contribution in [2.45, 2.75) is 6.54 Å². The minimum absolute atomic E-state index is 0.0836. The fourth-order valence-corrected chi connectivity index (χ4v) is 1.75. The Morgan fingerprint density at radius 1 is 1.47 bits per heavy atom. The summed E-state index contributed by atoms with van der Waals surface area (Å²) in [5, 5.41) is 2.46. The van der Waals surface area contributed by atoms with Crippen molar-refractivity contribution in [1.82, 2.24) is 15.2 Å². The molecule has 0 unspecified atom stereocenters. The molecule has 0 aliphatic carbocycles. The summed E-state index contributed by atoms with van der Waals surface area (Å²) in [6, 6.07) is 1.48. The van der Waals surface area contributed by atoms with E-state index in [1.54, 1.807) is 12.4 Å². The van der Waals surface area contributed by atoms with Gasteiger partial charge in [-0.1, -0.05) is 0 Å². The largest absolute Gasteiger partial charge is 0.329 e. The Labute approximate surface area is 94.6 Å². The molecule has 2 heterocycles. The van der Waals surface area contributed by atoms with Crippen LogP contribution in [0.2, 0.25) is 0 Å². The summed E-state index contributed by atoms with van der Waals surface area (Å²) < 4.78 is 0.826. The average Bonchev–Trinajstić information content (AvgIpc) is 2.50. The highest BCUT2D eigenvalue weighted by atomic mass is 79.9. The van der Waals surface area contributed by atoms with E-state index in [2.05, 4.69) is 26.2 Å². The predicted octanol–water partition coefficient (Wildman–Crippen LogP) is 0.896. The Hall–Kier alpha value is -1.43. The number of rotatable bonds is 2. The third-order valence-electron chi connectivity index (χ3n) is 2.04. The summed E-state index contributed by atoms with van der Waals surface area (Å²) in [6.45, 7) is 0.345. The summed E-state index contributed by atoms with van der Waals surface area (Å²) in [5.41, 5.74) is 0.815. The molecule has 2 rings (SSSR count). The van der Waals surface area contributed by atoms with Gasteiger partial charge < -0.3 is 5.32 Å². The van der Waals surface area contributed by atoms with Gasteiger partial charge in [0.1, 0.15) is 0 Å². The van der Waals surface area contributed by atoms with E-state index in [4.69, 9.17) is 0 Å². The minimum atomic E-state index is -0.347. The second-order valence-corrected chi connectivity index (χ2v) is 4.07. The summed E-state index contributed by atoms with van der Waals surface area (Å²) in [6.07, 6.45) is 3.28. The topological polar surface area (TPSA) is 62.3 Å². The molecule has 0 atom stereocenters. The molecule has 6 heteroatoms. The molecular weight excluding hydrogens is 262 g/mol. The van der Waals surface area contributed by atoms with Crippen LogP contribution in [0, 0.1) is 0 Å². The Bertz CT molecular complexity index is 406. The first-order valence-electron chi connectivity index (χ1n) is 4.34. The number of carbonyl (C=O) groups excluding carboxylic acids is 2. The molecule has 0 spiro atoms. The van der Waals surface area contributed by atoms with Gasteiger partial charge in [0, 0.05) is 16.9 Å². The fraction of sp³-hybridized carbons (Fsp3) is 0.222. The molecule has 0 aromatic carbocycles. The van der Waals surface area contributed by atoms with Crippen molar-refractivity contribution >= 4 is 27.9 Å². The van der Waals surface area contributed by atoms with Gasteiger partial charge in [-0.15, -0.1) is 0 Å². The molecule has 1 aromatic rings. The van der Waals surface area contributed by atoms with Crippen LogP contribution in [-0.2, 0) is 11.3 Å². The van der Waals surface area contributed by atoms with Gasteiger partial charge >= 0.3 is 6.03 Å². The summed E-state index contributed by atoms with van der Waals surface area (Å²) in [5.74, 6) is -0.208. The van der Waals surface area contributed by atoms with E-state index < -0.39 is 0 Å². The number of pyridine rings is 1. The molecule has 0 radical (unpaired) electrons. The number of hydrogen-bond acceptors (Lipinski definition) is 3. The lowest BCUT2D eigenvalue weighted by molar-refractivity contribution is -0.125. The zero-order valence-corrected chi connectivity index (χ0v) is 9.32. The number of amides is 3. The average molecular weight is 270 g/mol. The maximum Gasteiger partial charge on any atom is 0.324 e. The molecule has 3 amide bonds. The first-order valence-corrected chi connectivity index (χ1v) is 5.14. The number of aromatic nitrogens is 1. The lowest BCUT2D eigenvalue weighted by Crippen LogP contribution is -2.30. The molecule has 78 valence electrons. The SMILES string of the molecule is O=C1CNC(=O)N1Cc1cncc(Br)c1. The second-order valence-electron chi connectivity index (χ2n) is 3.15. The van der Waals surface area contributed by atoms with Crippen molar-refractivity contribution in [1.29, 1.82) is 0 Å².